The molecule has 0 bridgehead atoms. The standard InChI is InChI=1S/C36H53NO2S/c1-23(2)25-13-15-26(16-14-25)33-30-31(36(38-33)19-10-11-20-36)29-27(37-32(30)24(3)4)21-35(17-12-18-35)22-28(29)39-40(8,9)34(5,6)7/h13-16,23-24,28,33H,10-12,17-22H2,1-9H3. The van der Waals surface area contributed by atoms with Gasteiger partial charge in [-0.05, 0) is 85.0 Å². The van der Waals surface area contributed by atoms with E-state index >= 15 is 0 Å². The Balaban J connectivity index is 1.57. The van der Waals surface area contributed by atoms with Gasteiger partial charge in [0.2, 0.25) is 0 Å². The zero-order valence-corrected chi connectivity index (χ0v) is 27.5. The van der Waals surface area contributed by atoms with Crippen molar-refractivity contribution in [3.05, 3.63) is 63.5 Å². The second-order valence-electron chi connectivity index (χ2n) is 15.5. The molecule has 3 nitrogen and oxygen atoms in total. The molecule has 0 radical (unpaired) electrons. The third-order valence-corrected chi connectivity index (χ3v) is 14.7. The van der Waals surface area contributed by atoms with E-state index in [0.29, 0.717) is 17.3 Å². The van der Waals surface area contributed by atoms with E-state index in [0.717, 1.165) is 25.7 Å². The summed E-state index contributed by atoms with van der Waals surface area (Å²) in [5.74, 6) is 0.879. The summed E-state index contributed by atoms with van der Waals surface area (Å²) in [6, 6.07) is 9.27. The Morgan fingerprint density at radius 1 is 0.900 bits per heavy atom. The number of fused-ring (bicyclic) bond motifs is 4. The molecule has 2 saturated carbocycles. The monoisotopic (exact) mass is 563 g/mol. The highest BCUT2D eigenvalue weighted by molar-refractivity contribution is 8.29. The average molecular weight is 564 g/mol. The van der Waals surface area contributed by atoms with Crippen molar-refractivity contribution in [3.63, 3.8) is 0 Å². The summed E-state index contributed by atoms with van der Waals surface area (Å²) in [5.41, 5.74) is 9.76. The molecule has 220 valence electrons. The Morgan fingerprint density at radius 3 is 2.08 bits per heavy atom. The highest BCUT2D eigenvalue weighted by Crippen LogP contribution is 2.65. The molecule has 2 spiro atoms. The Hall–Kier alpha value is -1.36. The summed E-state index contributed by atoms with van der Waals surface area (Å²) in [6.07, 6.45) is 15.8. The van der Waals surface area contributed by atoms with Crippen LogP contribution in [0.2, 0.25) is 0 Å². The number of benzene rings is 1. The summed E-state index contributed by atoms with van der Waals surface area (Å²) in [7, 11) is -1.30. The molecular weight excluding hydrogens is 510 g/mol. The molecule has 4 heteroatoms. The van der Waals surface area contributed by atoms with Crippen molar-refractivity contribution in [2.45, 2.75) is 141 Å². The maximum atomic E-state index is 7.40. The van der Waals surface area contributed by atoms with Crippen molar-refractivity contribution in [1.82, 2.24) is 4.98 Å². The minimum Gasteiger partial charge on any atom is -0.358 e. The fourth-order valence-electron chi connectivity index (χ4n) is 7.81. The lowest BCUT2D eigenvalue weighted by Crippen LogP contribution is -2.41. The molecule has 0 saturated heterocycles. The van der Waals surface area contributed by atoms with Crippen LogP contribution in [-0.2, 0) is 20.9 Å². The van der Waals surface area contributed by atoms with Crippen LogP contribution in [0.4, 0.5) is 0 Å². The molecule has 40 heavy (non-hydrogen) atoms. The van der Waals surface area contributed by atoms with Gasteiger partial charge < -0.3 is 8.92 Å². The Bertz CT molecular complexity index is 1260. The van der Waals surface area contributed by atoms with Gasteiger partial charge in [-0.25, -0.2) is 0 Å². The van der Waals surface area contributed by atoms with E-state index in [9.17, 15) is 0 Å². The number of pyridine rings is 1. The Kier molecular flexibility index (Phi) is 7.08. The SMILES string of the molecule is CC(C)c1ccc(C2OC3(CCCC3)c3c4c(nc(C(C)C)c32)CC2(CCC2)CC4OS(C)(C)C(C)(C)C)cc1. The van der Waals surface area contributed by atoms with Gasteiger partial charge in [-0.3, -0.25) is 4.98 Å². The van der Waals surface area contributed by atoms with Crippen LogP contribution in [0.15, 0.2) is 24.3 Å². The summed E-state index contributed by atoms with van der Waals surface area (Å²) in [6.45, 7) is 16.3. The molecular formula is C36H53NO2S. The summed E-state index contributed by atoms with van der Waals surface area (Å²) >= 11 is 0. The van der Waals surface area contributed by atoms with Gasteiger partial charge in [-0.15, -0.1) is 10.3 Å². The molecule has 1 aromatic heterocycles. The number of nitrogens with zero attached hydrogens (tertiary/aromatic N) is 1. The summed E-state index contributed by atoms with van der Waals surface area (Å²) < 4.78 is 14.9. The molecule has 3 aliphatic carbocycles. The lowest BCUT2D eigenvalue weighted by atomic mass is 9.59. The van der Waals surface area contributed by atoms with Gasteiger partial charge >= 0.3 is 0 Å². The fraction of sp³-hybridized carbons (Fsp3) is 0.694. The molecule has 6 rings (SSSR count). The maximum absolute atomic E-state index is 7.40. The van der Waals surface area contributed by atoms with E-state index in [1.807, 2.05) is 0 Å². The maximum Gasteiger partial charge on any atom is 0.111 e. The number of hydrogen-bond acceptors (Lipinski definition) is 3. The van der Waals surface area contributed by atoms with Crippen molar-refractivity contribution in [3.8, 4) is 0 Å². The Morgan fingerprint density at radius 2 is 1.55 bits per heavy atom. The van der Waals surface area contributed by atoms with Crippen LogP contribution in [0.1, 0.15) is 163 Å². The van der Waals surface area contributed by atoms with Crippen molar-refractivity contribution in [1.29, 1.82) is 0 Å². The topological polar surface area (TPSA) is 31.4 Å². The van der Waals surface area contributed by atoms with Gasteiger partial charge in [0.1, 0.15) is 6.10 Å². The van der Waals surface area contributed by atoms with Crippen LogP contribution in [-0.4, -0.2) is 22.2 Å². The predicted molar refractivity (Wildman–Crippen MR) is 170 cm³/mol. The van der Waals surface area contributed by atoms with E-state index in [4.69, 9.17) is 13.9 Å². The van der Waals surface area contributed by atoms with E-state index in [2.05, 4.69) is 85.2 Å². The van der Waals surface area contributed by atoms with Crippen LogP contribution >= 0.6 is 10.3 Å². The first-order valence-corrected chi connectivity index (χ1v) is 18.4. The molecule has 1 aromatic carbocycles. The predicted octanol–water partition coefficient (Wildman–Crippen LogP) is 10.2. The normalized spacial score (nSPS) is 25.5. The fourth-order valence-corrected chi connectivity index (χ4v) is 8.84. The van der Waals surface area contributed by atoms with Gasteiger partial charge in [0, 0.05) is 27.3 Å². The van der Waals surface area contributed by atoms with Gasteiger partial charge in [0.05, 0.1) is 11.7 Å². The molecule has 2 atom stereocenters. The molecule has 4 aliphatic rings. The lowest BCUT2D eigenvalue weighted by molar-refractivity contribution is -0.0582. The quantitative estimate of drug-likeness (QED) is 0.363. The first-order chi connectivity index (χ1) is 18.8. The highest BCUT2D eigenvalue weighted by atomic mass is 32.3. The van der Waals surface area contributed by atoms with E-state index < -0.39 is 10.3 Å². The molecule has 1 aliphatic heterocycles. The van der Waals surface area contributed by atoms with Crippen LogP contribution in [0, 0.1) is 5.41 Å². The zero-order valence-electron chi connectivity index (χ0n) is 26.7. The molecule has 0 amide bonds. The Labute approximate surface area is 245 Å². The summed E-state index contributed by atoms with van der Waals surface area (Å²) in [5, 5.41) is 0. The molecule has 0 N–H and O–H groups in total. The molecule has 2 fully saturated rings. The van der Waals surface area contributed by atoms with E-state index in [-0.39, 0.29) is 22.6 Å². The third-order valence-electron chi connectivity index (χ3n) is 11.0. The van der Waals surface area contributed by atoms with Crippen molar-refractivity contribution >= 4 is 10.3 Å². The highest BCUT2D eigenvalue weighted by Gasteiger charge is 2.55. The van der Waals surface area contributed by atoms with Gasteiger partial charge in [-0.2, -0.15) is 0 Å². The smallest absolute Gasteiger partial charge is 0.111 e. The number of aromatic nitrogens is 1. The lowest BCUT2D eigenvalue weighted by Gasteiger charge is -2.52. The van der Waals surface area contributed by atoms with E-state index in [1.54, 1.807) is 0 Å². The third kappa shape index (κ3) is 4.60. The average Bonchev–Trinajstić information content (AvgIpc) is 3.46. The number of ether oxygens (including phenoxy) is 1. The van der Waals surface area contributed by atoms with Gasteiger partial charge in [0.25, 0.3) is 0 Å². The van der Waals surface area contributed by atoms with E-state index in [1.165, 1.54) is 71.3 Å². The molecule has 2 unspecified atom stereocenters. The molecule has 2 heterocycles. The van der Waals surface area contributed by atoms with Crippen molar-refractivity contribution in [2.75, 3.05) is 12.5 Å². The minimum absolute atomic E-state index is 0.0484. The summed E-state index contributed by atoms with van der Waals surface area (Å²) in [4.78, 5) is 5.63. The largest absolute Gasteiger partial charge is 0.358 e. The number of hydrogen-bond donors (Lipinski definition) is 0. The minimum atomic E-state index is -1.30. The molecule has 2 aromatic rings. The van der Waals surface area contributed by atoms with Crippen molar-refractivity contribution < 1.29 is 8.92 Å². The first kappa shape index (κ1) is 28.7. The van der Waals surface area contributed by atoms with Crippen LogP contribution < -0.4 is 0 Å². The first-order valence-electron chi connectivity index (χ1n) is 16.0. The second-order valence-corrected chi connectivity index (χ2v) is 19.4. The van der Waals surface area contributed by atoms with Crippen LogP contribution in [0.25, 0.3) is 0 Å². The zero-order chi connectivity index (χ0) is 28.7. The van der Waals surface area contributed by atoms with Crippen molar-refractivity contribution in [2.24, 2.45) is 5.41 Å². The second kappa shape index (κ2) is 9.85. The van der Waals surface area contributed by atoms with Gasteiger partial charge in [0.15, 0.2) is 0 Å². The van der Waals surface area contributed by atoms with Gasteiger partial charge in [-0.1, -0.05) is 92.0 Å². The number of rotatable bonds is 5. The van der Waals surface area contributed by atoms with Crippen LogP contribution in [0.3, 0.4) is 0 Å². The van der Waals surface area contributed by atoms with Crippen LogP contribution in [0.5, 0.6) is 0 Å².